The number of nitrogens with one attached hydrogen (secondary N) is 1. The van der Waals surface area contributed by atoms with E-state index in [2.05, 4.69) is 14.9 Å². The summed E-state index contributed by atoms with van der Waals surface area (Å²) in [6.07, 6.45) is 0.0292. The van der Waals surface area contributed by atoms with Gasteiger partial charge in [0.2, 0.25) is 0 Å². The third kappa shape index (κ3) is 5.84. The Morgan fingerprint density at radius 3 is 2.93 bits per heavy atom. The lowest BCUT2D eigenvalue weighted by Crippen LogP contribution is -2.35. The molecule has 27 heavy (non-hydrogen) atoms. The Balaban J connectivity index is 1.50. The van der Waals surface area contributed by atoms with E-state index >= 15 is 0 Å². The van der Waals surface area contributed by atoms with Gasteiger partial charge in [-0.15, -0.1) is 0 Å². The molecule has 0 bridgehead atoms. The molecule has 1 aromatic carbocycles. The van der Waals surface area contributed by atoms with Gasteiger partial charge in [-0.1, -0.05) is 30.0 Å². The molecule has 0 aliphatic carbocycles. The number of thioether (sulfide) groups is 1. The zero-order valence-electron chi connectivity index (χ0n) is 14.8. The third-order valence-electron chi connectivity index (χ3n) is 4.70. The van der Waals surface area contributed by atoms with Gasteiger partial charge in [-0.3, -0.25) is 4.79 Å². The Morgan fingerprint density at radius 2 is 2.15 bits per heavy atom. The maximum atomic E-state index is 12.9. The summed E-state index contributed by atoms with van der Waals surface area (Å²) in [4.78, 5) is 20.3. The highest BCUT2D eigenvalue weighted by molar-refractivity contribution is 7.99. The van der Waals surface area contributed by atoms with E-state index in [0.29, 0.717) is 5.16 Å². The van der Waals surface area contributed by atoms with Crippen molar-refractivity contribution in [3.63, 3.8) is 0 Å². The van der Waals surface area contributed by atoms with Crippen LogP contribution in [0.3, 0.4) is 0 Å². The third-order valence-corrected chi connectivity index (χ3v) is 5.67. The van der Waals surface area contributed by atoms with Gasteiger partial charge in [0, 0.05) is 24.6 Å². The van der Waals surface area contributed by atoms with Crippen molar-refractivity contribution in [2.75, 3.05) is 25.4 Å². The second kappa shape index (κ2) is 8.93. The van der Waals surface area contributed by atoms with Gasteiger partial charge in [0.25, 0.3) is 5.56 Å². The average Bonchev–Trinajstić information content (AvgIpc) is 2.65. The number of nitrogens with zero attached hydrogens (tertiary/aromatic N) is 2. The molecular formula is C19H22F3N3OS. The Morgan fingerprint density at radius 1 is 1.30 bits per heavy atom. The predicted octanol–water partition coefficient (Wildman–Crippen LogP) is 4.15. The van der Waals surface area contributed by atoms with Crippen LogP contribution in [0, 0.1) is 0 Å². The number of halogens is 3. The number of likely N-dealkylation sites (tertiary alicyclic amines) is 1. The van der Waals surface area contributed by atoms with E-state index in [1.807, 2.05) is 0 Å². The number of alkyl halides is 3. The van der Waals surface area contributed by atoms with Crippen LogP contribution in [-0.4, -0.2) is 40.3 Å². The van der Waals surface area contributed by atoms with Gasteiger partial charge in [0.15, 0.2) is 5.16 Å². The maximum absolute atomic E-state index is 12.9. The molecule has 0 amide bonds. The van der Waals surface area contributed by atoms with Crippen molar-refractivity contribution < 1.29 is 13.2 Å². The molecule has 146 valence electrons. The highest BCUT2D eigenvalue weighted by Gasteiger charge is 2.31. The molecule has 0 saturated carbocycles. The second-order valence-electron chi connectivity index (χ2n) is 6.70. The van der Waals surface area contributed by atoms with Crippen LogP contribution in [0.5, 0.6) is 0 Å². The van der Waals surface area contributed by atoms with Gasteiger partial charge in [0.1, 0.15) is 0 Å². The summed E-state index contributed by atoms with van der Waals surface area (Å²) in [5.41, 5.74) is 0.0419. The highest BCUT2D eigenvalue weighted by atomic mass is 32.2. The molecular weight excluding hydrogens is 375 g/mol. The first kappa shape index (κ1) is 19.9. The standard InChI is InChI=1S/C19H22F3N3OS/c20-19(21,22)16-6-1-4-14(12-16)15-5-2-9-25(13-15)10-3-11-27-18-23-8-7-17(26)24-18/h1,4,6-8,12,15H,2-3,5,9-11,13H2,(H,23,24,26). The molecule has 1 fully saturated rings. The van der Waals surface area contributed by atoms with E-state index < -0.39 is 11.7 Å². The fraction of sp³-hybridized carbons (Fsp3) is 0.474. The number of aromatic amines is 1. The molecule has 1 saturated heterocycles. The van der Waals surface area contributed by atoms with E-state index in [1.165, 1.54) is 36.2 Å². The van der Waals surface area contributed by atoms with Crippen LogP contribution in [0.15, 0.2) is 46.5 Å². The van der Waals surface area contributed by atoms with Crippen LogP contribution in [-0.2, 0) is 6.18 Å². The van der Waals surface area contributed by atoms with Crippen LogP contribution in [0.1, 0.15) is 36.3 Å². The van der Waals surface area contributed by atoms with Crippen molar-refractivity contribution in [1.82, 2.24) is 14.9 Å². The number of aromatic nitrogens is 2. The summed E-state index contributed by atoms with van der Waals surface area (Å²) in [7, 11) is 0. The van der Waals surface area contributed by atoms with Crippen LogP contribution in [0.25, 0.3) is 0 Å². The number of rotatable bonds is 6. The van der Waals surface area contributed by atoms with Crippen molar-refractivity contribution in [2.24, 2.45) is 0 Å². The zero-order valence-corrected chi connectivity index (χ0v) is 15.7. The van der Waals surface area contributed by atoms with Crippen molar-refractivity contribution in [2.45, 2.75) is 36.5 Å². The van der Waals surface area contributed by atoms with E-state index in [-0.39, 0.29) is 11.5 Å². The molecule has 3 rings (SSSR count). The number of benzene rings is 1. The molecule has 4 nitrogen and oxygen atoms in total. The van der Waals surface area contributed by atoms with E-state index in [9.17, 15) is 18.0 Å². The molecule has 1 unspecified atom stereocenters. The quantitative estimate of drug-likeness (QED) is 0.452. The predicted molar refractivity (Wildman–Crippen MR) is 100 cm³/mol. The minimum atomic E-state index is -4.30. The Labute approximate surface area is 160 Å². The molecule has 1 aromatic heterocycles. The topological polar surface area (TPSA) is 49.0 Å². The van der Waals surface area contributed by atoms with Crippen LogP contribution in [0.4, 0.5) is 13.2 Å². The minimum Gasteiger partial charge on any atom is -0.303 e. The number of piperidine rings is 1. The lowest BCUT2D eigenvalue weighted by atomic mass is 9.89. The number of hydrogen-bond acceptors (Lipinski definition) is 4. The van der Waals surface area contributed by atoms with E-state index in [4.69, 9.17) is 0 Å². The van der Waals surface area contributed by atoms with Gasteiger partial charge in [-0.2, -0.15) is 13.2 Å². The summed E-state index contributed by atoms with van der Waals surface area (Å²) in [6.45, 7) is 2.65. The molecule has 1 aliphatic heterocycles. The zero-order chi connectivity index (χ0) is 19.3. The van der Waals surface area contributed by atoms with Crippen molar-refractivity contribution in [1.29, 1.82) is 0 Å². The summed E-state index contributed by atoms with van der Waals surface area (Å²) >= 11 is 1.51. The molecule has 1 aliphatic rings. The number of hydrogen-bond donors (Lipinski definition) is 1. The molecule has 2 heterocycles. The molecule has 0 spiro atoms. The summed E-state index contributed by atoms with van der Waals surface area (Å²) in [6, 6.07) is 7.11. The second-order valence-corrected chi connectivity index (χ2v) is 7.79. The monoisotopic (exact) mass is 397 g/mol. The van der Waals surface area contributed by atoms with Crippen molar-refractivity contribution in [3.8, 4) is 0 Å². The van der Waals surface area contributed by atoms with E-state index in [0.717, 1.165) is 56.3 Å². The normalized spacial score (nSPS) is 18.6. The van der Waals surface area contributed by atoms with Crippen molar-refractivity contribution >= 4 is 11.8 Å². The largest absolute Gasteiger partial charge is 0.416 e. The fourth-order valence-corrected chi connectivity index (χ4v) is 4.16. The van der Waals surface area contributed by atoms with Crippen molar-refractivity contribution in [3.05, 3.63) is 58.0 Å². The van der Waals surface area contributed by atoms with Gasteiger partial charge >= 0.3 is 6.18 Å². The Kier molecular flexibility index (Phi) is 6.59. The smallest absolute Gasteiger partial charge is 0.303 e. The first-order chi connectivity index (χ1) is 12.9. The molecule has 1 N–H and O–H groups in total. The van der Waals surface area contributed by atoms with Crippen LogP contribution in [0.2, 0.25) is 0 Å². The highest BCUT2D eigenvalue weighted by Crippen LogP contribution is 2.33. The minimum absolute atomic E-state index is 0.140. The van der Waals surface area contributed by atoms with Crippen LogP contribution < -0.4 is 5.56 Å². The Hall–Kier alpha value is -1.80. The van der Waals surface area contributed by atoms with Gasteiger partial charge in [0.05, 0.1) is 5.56 Å². The molecule has 2 aromatic rings. The van der Waals surface area contributed by atoms with E-state index in [1.54, 1.807) is 6.07 Å². The summed E-state index contributed by atoms with van der Waals surface area (Å²) in [5, 5.41) is 0.614. The Bertz CT molecular complexity index is 809. The van der Waals surface area contributed by atoms with Crippen LogP contribution >= 0.6 is 11.8 Å². The van der Waals surface area contributed by atoms with Gasteiger partial charge < -0.3 is 9.88 Å². The number of H-pyrrole nitrogens is 1. The molecule has 0 radical (unpaired) electrons. The first-order valence-electron chi connectivity index (χ1n) is 8.99. The first-order valence-corrected chi connectivity index (χ1v) is 9.98. The fourth-order valence-electron chi connectivity index (χ4n) is 3.38. The molecule has 1 atom stereocenters. The SMILES string of the molecule is O=c1ccnc(SCCCN2CCCC(c3cccc(C(F)(F)F)c3)C2)[nH]1. The lowest BCUT2D eigenvalue weighted by Gasteiger charge is -2.33. The lowest BCUT2D eigenvalue weighted by molar-refractivity contribution is -0.137. The molecule has 8 heteroatoms. The van der Waals surface area contributed by atoms with Gasteiger partial charge in [-0.05, 0) is 49.9 Å². The summed E-state index contributed by atoms with van der Waals surface area (Å²) in [5.74, 6) is 0.971. The van der Waals surface area contributed by atoms with Gasteiger partial charge in [-0.25, -0.2) is 4.98 Å². The summed E-state index contributed by atoms with van der Waals surface area (Å²) < 4.78 is 38.8. The maximum Gasteiger partial charge on any atom is 0.416 e. The average molecular weight is 397 g/mol.